The number of aryl methyl sites for hydroxylation is 2. The molecular weight excluding hydrogens is 316 g/mol. The molecule has 2 aromatic rings. The van der Waals surface area contributed by atoms with Crippen LogP contribution in [0.2, 0.25) is 0 Å². The molecule has 0 atom stereocenters. The lowest BCUT2D eigenvalue weighted by molar-refractivity contribution is 0.709. The molecule has 0 spiro atoms. The van der Waals surface area contributed by atoms with Gasteiger partial charge < -0.3 is 0 Å². The quantitative estimate of drug-likeness (QED) is 0.301. The van der Waals surface area contributed by atoms with Crippen molar-refractivity contribution in [1.29, 1.82) is 0 Å². The van der Waals surface area contributed by atoms with Gasteiger partial charge in [0.25, 0.3) is 0 Å². The first kappa shape index (κ1) is 20.1. The minimum Gasteiger partial charge on any atom is -0.255 e. The van der Waals surface area contributed by atoms with Crippen LogP contribution in [-0.2, 0) is 12.8 Å². The Kier molecular flexibility index (Phi) is 9.42. The first-order valence-corrected chi connectivity index (χ1v) is 10.1. The van der Waals surface area contributed by atoms with Gasteiger partial charge in [0, 0.05) is 12.4 Å². The van der Waals surface area contributed by atoms with E-state index in [1.165, 1.54) is 49.7 Å². The van der Waals surface area contributed by atoms with Crippen molar-refractivity contribution in [1.82, 2.24) is 0 Å². The van der Waals surface area contributed by atoms with Gasteiger partial charge >= 0.3 is 0 Å². The molecule has 2 heteroatoms. The van der Waals surface area contributed by atoms with Crippen LogP contribution in [0.4, 0.5) is 11.4 Å². The van der Waals surface area contributed by atoms with Crippen molar-refractivity contribution < 1.29 is 0 Å². The molecule has 0 aliphatic carbocycles. The maximum Gasteiger partial charge on any atom is 0.0635 e. The number of unbranched alkanes of at least 4 members (excludes halogenated alkanes) is 4. The van der Waals surface area contributed by atoms with E-state index in [-0.39, 0.29) is 0 Å². The molecule has 0 aliphatic rings. The molecule has 0 bridgehead atoms. The number of hydrogen-bond donors (Lipinski definition) is 0. The van der Waals surface area contributed by atoms with Crippen LogP contribution < -0.4 is 0 Å². The van der Waals surface area contributed by atoms with Crippen LogP contribution in [0.5, 0.6) is 0 Å². The highest BCUT2D eigenvalue weighted by atomic mass is 14.8. The largest absolute Gasteiger partial charge is 0.255 e. The lowest BCUT2D eigenvalue weighted by Gasteiger charge is -2.07. The van der Waals surface area contributed by atoms with Crippen molar-refractivity contribution >= 4 is 23.8 Å². The first-order valence-electron chi connectivity index (χ1n) is 10.1. The van der Waals surface area contributed by atoms with Gasteiger partial charge in [-0.3, -0.25) is 9.98 Å². The Morgan fingerprint density at radius 2 is 1.19 bits per heavy atom. The summed E-state index contributed by atoms with van der Waals surface area (Å²) in [5.74, 6) is 0. The van der Waals surface area contributed by atoms with Gasteiger partial charge in [-0.25, -0.2) is 0 Å². The van der Waals surface area contributed by atoms with Gasteiger partial charge in [-0.2, -0.15) is 0 Å². The molecule has 138 valence electrons. The molecule has 0 unspecified atom stereocenters. The van der Waals surface area contributed by atoms with Crippen LogP contribution in [0.3, 0.4) is 0 Å². The van der Waals surface area contributed by atoms with Crippen LogP contribution >= 0.6 is 0 Å². The number of nitrogens with zero attached hydrogens (tertiary/aromatic N) is 2. The number of para-hydroxylation sites is 1. The van der Waals surface area contributed by atoms with E-state index in [4.69, 9.17) is 0 Å². The average molecular weight is 349 g/mol. The lowest BCUT2D eigenvalue weighted by Crippen LogP contribution is -1.91. The highest BCUT2D eigenvalue weighted by Gasteiger charge is 2.01. The summed E-state index contributed by atoms with van der Waals surface area (Å²) in [7, 11) is 0. The Balaban J connectivity index is 2.05. The summed E-state index contributed by atoms with van der Waals surface area (Å²) in [5.41, 5.74) is 4.83. The average Bonchev–Trinajstić information content (AvgIpc) is 2.67. The van der Waals surface area contributed by atoms with Crippen molar-refractivity contribution in [3.63, 3.8) is 0 Å². The maximum absolute atomic E-state index is 4.62. The van der Waals surface area contributed by atoms with Gasteiger partial charge in [-0.1, -0.05) is 63.8 Å². The van der Waals surface area contributed by atoms with Gasteiger partial charge in [-0.15, -0.1) is 0 Å². The number of rotatable bonds is 11. The van der Waals surface area contributed by atoms with Crippen molar-refractivity contribution in [2.24, 2.45) is 9.98 Å². The van der Waals surface area contributed by atoms with E-state index in [1.54, 1.807) is 12.4 Å². The molecule has 0 saturated heterocycles. The molecule has 26 heavy (non-hydrogen) atoms. The zero-order valence-electron chi connectivity index (χ0n) is 16.3. The summed E-state index contributed by atoms with van der Waals surface area (Å²) in [6.07, 6.45) is 13.5. The second-order valence-electron chi connectivity index (χ2n) is 6.81. The number of benzene rings is 2. The van der Waals surface area contributed by atoms with Crippen LogP contribution in [0, 0.1) is 0 Å². The Labute approximate surface area is 159 Å². The molecule has 0 saturated carbocycles. The topological polar surface area (TPSA) is 24.7 Å². The normalized spacial score (nSPS) is 11.6. The Hall–Kier alpha value is -2.22. The Bertz CT molecular complexity index is 658. The van der Waals surface area contributed by atoms with Gasteiger partial charge in [0.05, 0.1) is 11.4 Å². The lowest BCUT2D eigenvalue weighted by atomic mass is 10.00. The van der Waals surface area contributed by atoms with E-state index in [0.29, 0.717) is 0 Å². The Morgan fingerprint density at radius 1 is 0.654 bits per heavy atom. The number of hydrogen-bond acceptors (Lipinski definition) is 2. The van der Waals surface area contributed by atoms with Crippen molar-refractivity contribution in [2.45, 2.75) is 65.2 Å². The molecule has 0 N–H and O–H groups in total. The van der Waals surface area contributed by atoms with Gasteiger partial charge in [0.15, 0.2) is 0 Å². The van der Waals surface area contributed by atoms with Crippen molar-refractivity contribution in [3.8, 4) is 0 Å². The van der Waals surface area contributed by atoms with Crippen LogP contribution in [0.15, 0.2) is 58.5 Å². The van der Waals surface area contributed by atoms with Crippen molar-refractivity contribution in [3.05, 3.63) is 59.7 Å². The molecule has 2 rings (SSSR count). The fraction of sp³-hybridized carbons (Fsp3) is 0.417. The van der Waals surface area contributed by atoms with E-state index in [9.17, 15) is 0 Å². The molecule has 0 amide bonds. The van der Waals surface area contributed by atoms with E-state index in [2.05, 4.69) is 42.0 Å². The third-order valence-electron chi connectivity index (χ3n) is 4.45. The van der Waals surface area contributed by atoms with Crippen molar-refractivity contribution in [2.75, 3.05) is 0 Å². The summed E-state index contributed by atoms with van der Waals surface area (Å²) in [6, 6.07) is 16.8. The monoisotopic (exact) mass is 348 g/mol. The third kappa shape index (κ3) is 7.77. The fourth-order valence-corrected chi connectivity index (χ4v) is 3.02. The summed E-state index contributed by atoms with van der Waals surface area (Å²) >= 11 is 0. The van der Waals surface area contributed by atoms with E-state index in [0.717, 1.165) is 24.2 Å². The van der Waals surface area contributed by atoms with Gasteiger partial charge in [-0.05, 0) is 61.1 Å². The SMILES string of the molecule is CCCCCc1cc(CCCCC)cc(N=CC=Nc2ccccc2)c1. The summed E-state index contributed by atoms with van der Waals surface area (Å²) < 4.78 is 0. The summed E-state index contributed by atoms with van der Waals surface area (Å²) in [6.45, 7) is 4.51. The van der Waals surface area contributed by atoms with Crippen LogP contribution in [0.1, 0.15) is 63.5 Å². The van der Waals surface area contributed by atoms with E-state index in [1.807, 2.05) is 30.3 Å². The Morgan fingerprint density at radius 3 is 1.73 bits per heavy atom. The molecule has 0 radical (unpaired) electrons. The standard InChI is InChI=1S/C24H32N2/c1-3-5-8-12-21-18-22(13-9-6-4-2)20-24(19-21)26-17-16-25-23-14-10-7-11-15-23/h7,10-11,14-20H,3-6,8-9,12-13H2,1-2H3. The minimum atomic E-state index is 0.951. The van der Waals surface area contributed by atoms with Crippen LogP contribution in [0.25, 0.3) is 0 Å². The fourth-order valence-electron chi connectivity index (χ4n) is 3.02. The second kappa shape index (κ2) is 12.2. The molecule has 2 nitrogen and oxygen atoms in total. The zero-order valence-corrected chi connectivity index (χ0v) is 16.3. The first-order chi connectivity index (χ1) is 12.8. The summed E-state index contributed by atoms with van der Waals surface area (Å²) in [5, 5.41) is 0. The predicted molar refractivity (Wildman–Crippen MR) is 116 cm³/mol. The zero-order chi connectivity index (χ0) is 18.5. The second-order valence-corrected chi connectivity index (χ2v) is 6.81. The van der Waals surface area contributed by atoms with E-state index < -0.39 is 0 Å². The van der Waals surface area contributed by atoms with E-state index >= 15 is 0 Å². The molecule has 2 aromatic carbocycles. The van der Waals surface area contributed by atoms with Gasteiger partial charge in [0.1, 0.15) is 0 Å². The van der Waals surface area contributed by atoms with Gasteiger partial charge in [0.2, 0.25) is 0 Å². The summed E-state index contributed by atoms with van der Waals surface area (Å²) in [4.78, 5) is 9.04. The highest BCUT2D eigenvalue weighted by Crippen LogP contribution is 2.21. The molecular formula is C24H32N2. The predicted octanol–water partition coefficient (Wildman–Crippen LogP) is 7.26. The minimum absolute atomic E-state index is 0.951. The van der Waals surface area contributed by atoms with Crippen LogP contribution in [-0.4, -0.2) is 12.4 Å². The molecule has 0 aliphatic heterocycles. The molecule has 0 fully saturated rings. The smallest absolute Gasteiger partial charge is 0.0635 e. The number of aliphatic imine (C=N–C) groups is 2. The molecule has 0 aromatic heterocycles. The molecule has 0 heterocycles. The highest BCUT2D eigenvalue weighted by molar-refractivity contribution is 6.17. The third-order valence-corrected chi connectivity index (χ3v) is 4.45. The maximum atomic E-state index is 4.62.